The summed E-state index contributed by atoms with van der Waals surface area (Å²) in [5, 5.41) is 0. The van der Waals surface area contributed by atoms with Crippen molar-refractivity contribution >= 4 is 11.6 Å². The molecule has 0 spiro atoms. The molecule has 2 N–H and O–H groups in total. The van der Waals surface area contributed by atoms with E-state index in [-0.39, 0.29) is 17.8 Å². The van der Waals surface area contributed by atoms with E-state index in [4.69, 9.17) is 5.73 Å². The van der Waals surface area contributed by atoms with Gasteiger partial charge in [0.2, 0.25) is 0 Å². The van der Waals surface area contributed by atoms with Crippen LogP contribution < -0.4 is 5.73 Å². The number of anilines is 1. The van der Waals surface area contributed by atoms with Gasteiger partial charge >= 0.3 is 0 Å². The van der Waals surface area contributed by atoms with Crippen molar-refractivity contribution in [2.75, 3.05) is 12.3 Å². The van der Waals surface area contributed by atoms with Crippen molar-refractivity contribution in [3.63, 3.8) is 0 Å². The molecule has 2 aromatic rings. The zero-order chi connectivity index (χ0) is 15.5. The van der Waals surface area contributed by atoms with Crippen LogP contribution >= 0.6 is 0 Å². The molecule has 1 aliphatic rings. The number of nitrogens with two attached hydrogens (primary N) is 1. The molecule has 1 aromatic heterocycles. The van der Waals surface area contributed by atoms with Crippen molar-refractivity contribution in [3.05, 3.63) is 59.7 Å². The average Bonchev–Trinajstić information content (AvgIpc) is 2.55. The third-order valence-electron chi connectivity index (χ3n) is 4.02. The van der Waals surface area contributed by atoms with Gasteiger partial charge in [0.1, 0.15) is 11.5 Å². The molecule has 1 atom stereocenters. The lowest BCUT2D eigenvalue weighted by molar-refractivity contribution is 0.0605. The first-order valence-corrected chi connectivity index (χ1v) is 7.43. The van der Waals surface area contributed by atoms with E-state index in [0.717, 1.165) is 24.8 Å². The molecule has 1 aliphatic heterocycles. The lowest BCUT2D eigenvalue weighted by Gasteiger charge is -2.36. The predicted molar refractivity (Wildman–Crippen MR) is 82.7 cm³/mol. The van der Waals surface area contributed by atoms with Crippen LogP contribution in [0.2, 0.25) is 0 Å². The Morgan fingerprint density at radius 1 is 1.23 bits per heavy atom. The number of benzene rings is 1. The minimum absolute atomic E-state index is 0.0370. The molecule has 1 fully saturated rings. The zero-order valence-electron chi connectivity index (χ0n) is 12.2. The summed E-state index contributed by atoms with van der Waals surface area (Å²) in [7, 11) is 0. The van der Waals surface area contributed by atoms with Gasteiger partial charge in [0.05, 0.1) is 6.04 Å². The molecule has 1 saturated heterocycles. The number of piperidine rings is 1. The number of rotatable bonds is 2. The fraction of sp³-hybridized carbons (Fsp3) is 0.294. The standard InChI is InChI=1S/C17H18FN3O/c18-13-6-4-12(5-7-13)16-3-1-2-10-21(16)17(22)15-11-14(19)8-9-20-15/h4-9,11,16H,1-3,10H2,(H2,19,20)/t16-/m0/s1. The molecule has 114 valence electrons. The Bertz CT molecular complexity index is 672. The fourth-order valence-electron chi connectivity index (χ4n) is 2.92. The SMILES string of the molecule is Nc1ccnc(C(=O)N2CCCC[C@H]2c2ccc(F)cc2)c1. The maximum Gasteiger partial charge on any atom is 0.273 e. The van der Waals surface area contributed by atoms with Gasteiger partial charge in [-0.25, -0.2) is 4.39 Å². The highest BCUT2D eigenvalue weighted by Crippen LogP contribution is 2.32. The molecule has 2 heterocycles. The van der Waals surface area contributed by atoms with Gasteiger partial charge in [-0.05, 0) is 49.1 Å². The molecule has 4 nitrogen and oxygen atoms in total. The zero-order valence-corrected chi connectivity index (χ0v) is 12.2. The summed E-state index contributed by atoms with van der Waals surface area (Å²) in [5.74, 6) is -0.392. The van der Waals surface area contributed by atoms with Crippen LogP contribution in [0.5, 0.6) is 0 Å². The van der Waals surface area contributed by atoms with Crippen molar-refractivity contribution in [3.8, 4) is 0 Å². The summed E-state index contributed by atoms with van der Waals surface area (Å²) < 4.78 is 13.1. The summed E-state index contributed by atoms with van der Waals surface area (Å²) in [5.41, 5.74) is 7.57. The maximum atomic E-state index is 13.1. The lowest BCUT2D eigenvalue weighted by Crippen LogP contribution is -2.38. The van der Waals surface area contributed by atoms with Gasteiger partial charge in [0, 0.05) is 18.4 Å². The van der Waals surface area contributed by atoms with Crippen molar-refractivity contribution in [1.29, 1.82) is 0 Å². The van der Waals surface area contributed by atoms with Crippen LogP contribution in [0.15, 0.2) is 42.6 Å². The van der Waals surface area contributed by atoms with Crippen molar-refractivity contribution < 1.29 is 9.18 Å². The molecule has 3 rings (SSSR count). The van der Waals surface area contributed by atoms with E-state index in [1.165, 1.54) is 12.1 Å². The van der Waals surface area contributed by atoms with Crippen LogP contribution in [-0.2, 0) is 0 Å². The van der Waals surface area contributed by atoms with E-state index in [0.29, 0.717) is 17.9 Å². The summed E-state index contributed by atoms with van der Waals surface area (Å²) in [6.07, 6.45) is 4.43. The number of carbonyl (C=O) groups excluding carboxylic acids is 1. The number of hydrogen-bond donors (Lipinski definition) is 1. The van der Waals surface area contributed by atoms with Crippen LogP contribution in [0.4, 0.5) is 10.1 Å². The van der Waals surface area contributed by atoms with Gasteiger partial charge in [-0.15, -0.1) is 0 Å². The number of halogens is 1. The second-order valence-corrected chi connectivity index (χ2v) is 5.54. The average molecular weight is 299 g/mol. The molecule has 5 heteroatoms. The molecular weight excluding hydrogens is 281 g/mol. The van der Waals surface area contributed by atoms with E-state index in [2.05, 4.69) is 4.98 Å². The Labute approximate surface area is 128 Å². The largest absolute Gasteiger partial charge is 0.399 e. The van der Waals surface area contributed by atoms with Crippen molar-refractivity contribution in [2.24, 2.45) is 0 Å². The molecule has 1 amide bonds. The van der Waals surface area contributed by atoms with Gasteiger partial charge in [-0.2, -0.15) is 0 Å². The van der Waals surface area contributed by atoms with Crippen LogP contribution in [-0.4, -0.2) is 22.3 Å². The molecule has 1 aromatic carbocycles. The molecule has 0 saturated carbocycles. The fourth-order valence-corrected chi connectivity index (χ4v) is 2.92. The number of nitrogen functional groups attached to an aromatic ring is 1. The summed E-state index contributed by atoms with van der Waals surface area (Å²) in [6.45, 7) is 0.678. The van der Waals surface area contributed by atoms with E-state index >= 15 is 0 Å². The van der Waals surface area contributed by atoms with E-state index in [9.17, 15) is 9.18 Å². The van der Waals surface area contributed by atoms with Crippen LogP contribution in [0.25, 0.3) is 0 Å². The Hall–Kier alpha value is -2.43. The Morgan fingerprint density at radius 2 is 2.00 bits per heavy atom. The highest BCUT2D eigenvalue weighted by atomic mass is 19.1. The Morgan fingerprint density at radius 3 is 2.73 bits per heavy atom. The number of carbonyl (C=O) groups is 1. The van der Waals surface area contributed by atoms with Crippen molar-refractivity contribution in [1.82, 2.24) is 9.88 Å². The second-order valence-electron chi connectivity index (χ2n) is 5.54. The first-order valence-electron chi connectivity index (χ1n) is 7.43. The van der Waals surface area contributed by atoms with E-state index < -0.39 is 0 Å². The molecule has 0 radical (unpaired) electrons. The highest BCUT2D eigenvalue weighted by molar-refractivity contribution is 5.93. The summed E-state index contributed by atoms with van der Waals surface area (Å²) in [6, 6.07) is 9.58. The Balaban J connectivity index is 1.89. The number of likely N-dealkylation sites (tertiary alicyclic amines) is 1. The normalized spacial score (nSPS) is 18.2. The van der Waals surface area contributed by atoms with Crippen LogP contribution in [0.1, 0.15) is 41.4 Å². The highest BCUT2D eigenvalue weighted by Gasteiger charge is 2.29. The third kappa shape index (κ3) is 2.93. The molecule has 0 bridgehead atoms. The van der Waals surface area contributed by atoms with Gasteiger partial charge < -0.3 is 10.6 Å². The number of hydrogen-bond acceptors (Lipinski definition) is 3. The third-order valence-corrected chi connectivity index (χ3v) is 4.02. The predicted octanol–water partition coefficient (Wildman–Crippen LogP) is 3.17. The van der Waals surface area contributed by atoms with Crippen molar-refractivity contribution in [2.45, 2.75) is 25.3 Å². The second kappa shape index (κ2) is 6.13. The van der Waals surface area contributed by atoms with Gasteiger partial charge in [-0.3, -0.25) is 9.78 Å². The van der Waals surface area contributed by atoms with Gasteiger partial charge in [-0.1, -0.05) is 12.1 Å². The summed E-state index contributed by atoms with van der Waals surface area (Å²) in [4.78, 5) is 18.7. The molecule has 22 heavy (non-hydrogen) atoms. The van der Waals surface area contributed by atoms with Gasteiger partial charge in [0.15, 0.2) is 0 Å². The number of amides is 1. The number of pyridine rings is 1. The Kier molecular flexibility index (Phi) is 4.04. The minimum atomic E-state index is -0.269. The molecular formula is C17H18FN3O. The van der Waals surface area contributed by atoms with Crippen LogP contribution in [0.3, 0.4) is 0 Å². The lowest BCUT2D eigenvalue weighted by atomic mass is 9.95. The first kappa shape index (κ1) is 14.5. The van der Waals surface area contributed by atoms with Crippen LogP contribution in [0, 0.1) is 5.82 Å². The summed E-state index contributed by atoms with van der Waals surface area (Å²) >= 11 is 0. The first-order chi connectivity index (χ1) is 10.6. The quantitative estimate of drug-likeness (QED) is 0.926. The maximum absolute atomic E-state index is 13.1. The number of aromatic nitrogens is 1. The topological polar surface area (TPSA) is 59.2 Å². The van der Waals surface area contributed by atoms with Gasteiger partial charge in [0.25, 0.3) is 5.91 Å². The smallest absolute Gasteiger partial charge is 0.273 e. The molecule has 0 aliphatic carbocycles. The van der Waals surface area contributed by atoms with E-state index in [1.807, 2.05) is 4.90 Å². The minimum Gasteiger partial charge on any atom is -0.399 e. The molecule has 0 unspecified atom stereocenters. The number of nitrogens with zero attached hydrogens (tertiary/aromatic N) is 2. The monoisotopic (exact) mass is 299 g/mol. The van der Waals surface area contributed by atoms with E-state index in [1.54, 1.807) is 30.5 Å².